The van der Waals surface area contributed by atoms with Gasteiger partial charge >= 0.3 is 0 Å². The minimum atomic E-state index is -0.0455. The summed E-state index contributed by atoms with van der Waals surface area (Å²) in [6.45, 7) is 6.17. The smallest absolute Gasteiger partial charge is 0.169 e. The van der Waals surface area contributed by atoms with Crippen molar-refractivity contribution in [3.05, 3.63) is 48.0 Å². The Hall–Kier alpha value is -1.67. The summed E-state index contributed by atoms with van der Waals surface area (Å²) in [7, 11) is 0. The number of hydrogen-bond acceptors (Lipinski definition) is 2. The van der Waals surface area contributed by atoms with Crippen molar-refractivity contribution in [3.63, 3.8) is 0 Å². The molecule has 0 radical (unpaired) electrons. The van der Waals surface area contributed by atoms with Gasteiger partial charge in [0.2, 0.25) is 0 Å². The fourth-order valence-corrected chi connectivity index (χ4v) is 3.34. The van der Waals surface area contributed by atoms with E-state index < -0.39 is 0 Å². The van der Waals surface area contributed by atoms with Gasteiger partial charge in [0.15, 0.2) is 5.78 Å². The van der Waals surface area contributed by atoms with Crippen molar-refractivity contribution >= 4 is 16.6 Å². The van der Waals surface area contributed by atoms with Crippen LogP contribution in [-0.4, -0.2) is 18.0 Å². The summed E-state index contributed by atoms with van der Waals surface area (Å²) in [4.78, 5) is 12.9. The molecular formula is C18H20O2. The third-order valence-corrected chi connectivity index (χ3v) is 4.60. The van der Waals surface area contributed by atoms with E-state index in [1.165, 1.54) is 0 Å². The van der Waals surface area contributed by atoms with E-state index in [2.05, 4.69) is 13.8 Å². The Balaban J connectivity index is 2.05. The standard InChI is InChI=1S/C18H20O2/c1-11-12(2)20-13(3)17(11)18(19)16-10-6-8-14-7-4-5-9-15(14)16/h4-13,17H,1-3H3. The highest BCUT2D eigenvalue weighted by Gasteiger charge is 2.41. The zero-order valence-electron chi connectivity index (χ0n) is 12.2. The molecule has 0 spiro atoms. The van der Waals surface area contributed by atoms with Crippen molar-refractivity contribution in [3.8, 4) is 0 Å². The first-order chi connectivity index (χ1) is 9.59. The summed E-state index contributed by atoms with van der Waals surface area (Å²) in [6, 6.07) is 14.0. The van der Waals surface area contributed by atoms with Gasteiger partial charge in [-0.15, -0.1) is 0 Å². The van der Waals surface area contributed by atoms with Crippen LogP contribution in [0.5, 0.6) is 0 Å². The van der Waals surface area contributed by atoms with Gasteiger partial charge in [0, 0.05) is 5.56 Å². The summed E-state index contributed by atoms with van der Waals surface area (Å²) in [6.07, 6.45) is 0.139. The van der Waals surface area contributed by atoms with E-state index in [4.69, 9.17) is 4.74 Å². The molecule has 1 aliphatic heterocycles. The maximum Gasteiger partial charge on any atom is 0.169 e. The normalized spacial score (nSPS) is 29.8. The zero-order chi connectivity index (χ0) is 14.3. The third-order valence-electron chi connectivity index (χ3n) is 4.60. The molecule has 4 unspecified atom stereocenters. The van der Waals surface area contributed by atoms with Crippen LogP contribution in [0.3, 0.4) is 0 Å². The van der Waals surface area contributed by atoms with Crippen molar-refractivity contribution < 1.29 is 9.53 Å². The molecule has 2 aromatic carbocycles. The van der Waals surface area contributed by atoms with E-state index >= 15 is 0 Å². The Labute approximate surface area is 119 Å². The van der Waals surface area contributed by atoms with Gasteiger partial charge in [-0.05, 0) is 30.5 Å². The van der Waals surface area contributed by atoms with Crippen LogP contribution in [0.15, 0.2) is 42.5 Å². The summed E-state index contributed by atoms with van der Waals surface area (Å²) in [5.74, 6) is 0.429. The van der Waals surface area contributed by atoms with Crippen molar-refractivity contribution in [2.75, 3.05) is 0 Å². The molecule has 0 saturated carbocycles. The number of fused-ring (bicyclic) bond motifs is 1. The molecule has 2 aromatic rings. The highest BCUT2D eigenvalue weighted by atomic mass is 16.5. The summed E-state index contributed by atoms with van der Waals surface area (Å²) in [5.41, 5.74) is 0.824. The number of carbonyl (C=O) groups is 1. The van der Waals surface area contributed by atoms with Gasteiger partial charge in [0.1, 0.15) is 0 Å². The van der Waals surface area contributed by atoms with Crippen molar-refractivity contribution in [2.24, 2.45) is 11.8 Å². The molecule has 104 valence electrons. The Morgan fingerprint density at radius 3 is 2.35 bits per heavy atom. The number of ketones is 1. The minimum absolute atomic E-state index is 0.00790. The monoisotopic (exact) mass is 268 g/mol. The average molecular weight is 268 g/mol. The molecule has 1 saturated heterocycles. The molecule has 1 heterocycles. The van der Waals surface area contributed by atoms with Crippen LogP contribution >= 0.6 is 0 Å². The molecule has 0 aliphatic carbocycles. The molecule has 3 rings (SSSR count). The summed E-state index contributed by atoms with van der Waals surface area (Å²) < 4.78 is 5.82. The molecule has 2 heteroatoms. The van der Waals surface area contributed by atoms with E-state index in [1.54, 1.807) is 0 Å². The van der Waals surface area contributed by atoms with Gasteiger partial charge in [-0.25, -0.2) is 0 Å². The molecule has 2 nitrogen and oxygen atoms in total. The lowest BCUT2D eigenvalue weighted by atomic mass is 9.82. The van der Waals surface area contributed by atoms with Gasteiger partial charge in [-0.1, -0.05) is 49.4 Å². The van der Waals surface area contributed by atoms with Gasteiger partial charge in [0.25, 0.3) is 0 Å². The highest BCUT2D eigenvalue weighted by Crippen LogP contribution is 2.35. The Kier molecular flexibility index (Phi) is 3.35. The number of rotatable bonds is 2. The van der Waals surface area contributed by atoms with Crippen LogP contribution in [0, 0.1) is 11.8 Å². The van der Waals surface area contributed by atoms with Gasteiger partial charge in [-0.3, -0.25) is 4.79 Å². The van der Waals surface area contributed by atoms with Gasteiger partial charge < -0.3 is 4.74 Å². The largest absolute Gasteiger partial charge is 0.374 e. The fourth-order valence-electron chi connectivity index (χ4n) is 3.34. The number of ether oxygens (including phenoxy) is 1. The molecule has 1 aliphatic rings. The molecule has 1 fully saturated rings. The lowest BCUT2D eigenvalue weighted by Crippen LogP contribution is -2.27. The fraction of sp³-hybridized carbons (Fsp3) is 0.389. The lowest BCUT2D eigenvalue weighted by Gasteiger charge is -2.18. The first-order valence-electron chi connectivity index (χ1n) is 7.27. The number of carbonyl (C=O) groups excluding carboxylic acids is 1. The quantitative estimate of drug-likeness (QED) is 0.767. The number of Topliss-reactive ketones (excluding diaryl/α,β-unsaturated/α-hetero) is 1. The topological polar surface area (TPSA) is 26.3 Å². The lowest BCUT2D eigenvalue weighted by molar-refractivity contribution is 0.0491. The maximum atomic E-state index is 12.9. The van der Waals surface area contributed by atoms with Crippen LogP contribution in [0.4, 0.5) is 0 Å². The van der Waals surface area contributed by atoms with Gasteiger partial charge in [0.05, 0.1) is 18.1 Å². The van der Waals surface area contributed by atoms with Crippen LogP contribution in [0.1, 0.15) is 31.1 Å². The molecular weight excluding hydrogens is 248 g/mol. The second-order valence-electron chi connectivity index (χ2n) is 5.82. The summed E-state index contributed by atoms with van der Waals surface area (Å²) >= 11 is 0. The van der Waals surface area contributed by atoms with Crippen molar-refractivity contribution in [1.29, 1.82) is 0 Å². The zero-order valence-corrected chi connectivity index (χ0v) is 12.2. The SMILES string of the molecule is CC1OC(C)C(C(=O)c2cccc3ccccc23)C1C. The van der Waals surface area contributed by atoms with Crippen LogP contribution in [0.2, 0.25) is 0 Å². The van der Waals surface area contributed by atoms with E-state index in [0.717, 1.165) is 16.3 Å². The highest BCUT2D eigenvalue weighted by molar-refractivity contribution is 6.09. The maximum absolute atomic E-state index is 12.9. The predicted molar refractivity (Wildman–Crippen MR) is 80.9 cm³/mol. The van der Waals surface area contributed by atoms with E-state index in [9.17, 15) is 4.79 Å². The molecule has 20 heavy (non-hydrogen) atoms. The van der Waals surface area contributed by atoms with Gasteiger partial charge in [-0.2, -0.15) is 0 Å². The number of benzene rings is 2. The predicted octanol–water partition coefficient (Wildman–Crippen LogP) is 4.08. The Bertz CT molecular complexity index is 641. The first kappa shape index (κ1) is 13.3. The van der Waals surface area contributed by atoms with Crippen LogP contribution in [-0.2, 0) is 4.74 Å². The summed E-state index contributed by atoms with van der Waals surface area (Å²) in [5, 5.41) is 2.16. The van der Waals surface area contributed by atoms with Crippen LogP contribution in [0.25, 0.3) is 10.8 Å². The number of hydrogen-bond donors (Lipinski definition) is 0. The Morgan fingerprint density at radius 1 is 0.950 bits per heavy atom. The van der Waals surface area contributed by atoms with E-state index in [1.807, 2.05) is 49.4 Å². The van der Waals surface area contributed by atoms with Crippen molar-refractivity contribution in [2.45, 2.75) is 33.0 Å². The van der Waals surface area contributed by atoms with E-state index in [-0.39, 0.29) is 29.8 Å². The Morgan fingerprint density at radius 2 is 1.65 bits per heavy atom. The van der Waals surface area contributed by atoms with Crippen LogP contribution < -0.4 is 0 Å². The molecule has 0 bridgehead atoms. The first-order valence-corrected chi connectivity index (χ1v) is 7.27. The second kappa shape index (κ2) is 5.02. The molecule has 4 atom stereocenters. The van der Waals surface area contributed by atoms with Crippen molar-refractivity contribution in [1.82, 2.24) is 0 Å². The van der Waals surface area contributed by atoms with E-state index in [0.29, 0.717) is 0 Å². The third kappa shape index (κ3) is 2.04. The molecule has 0 amide bonds. The second-order valence-corrected chi connectivity index (χ2v) is 5.82. The molecule has 0 aromatic heterocycles. The molecule has 0 N–H and O–H groups in total. The minimum Gasteiger partial charge on any atom is -0.374 e. The average Bonchev–Trinajstić information content (AvgIpc) is 2.71.